The summed E-state index contributed by atoms with van der Waals surface area (Å²) in [4.78, 5) is 0. The van der Waals surface area contributed by atoms with Crippen molar-refractivity contribution >= 4 is 11.3 Å². The highest BCUT2D eigenvalue weighted by atomic mass is 14.8. The van der Waals surface area contributed by atoms with E-state index >= 15 is 0 Å². The number of hydrogen-bond donors (Lipinski definition) is 2. The molecule has 0 aliphatic heterocycles. The van der Waals surface area contributed by atoms with Crippen LogP contribution < -0.4 is 11.1 Å². The van der Waals surface area contributed by atoms with Crippen molar-refractivity contribution in [1.82, 2.24) is 0 Å². The third-order valence-corrected chi connectivity index (χ3v) is 2.98. The second-order valence-electron chi connectivity index (χ2n) is 4.61. The van der Waals surface area contributed by atoms with Crippen LogP contribution in [0.25, 0.3) is 5.57 Å². The molecule has 0 aliphatic rings. The molecular weight excluding hydrogens is 268 g/mol. The van der Waals surface area contributed by atoms with Crippen LogP contribution in [0.2, 0.25) is 0 Å². The minimum Gasteiger partial charge on any atom is -0.361 e. The smallest absolute Gasteiger partial charge is 0.0459 e. The lowest BCUT2D eigenvalue weighted by molar-refractivity contribution is 1.19. The van der Waals surface area contributed by atoms with E-state index in [2.05, 4.69) is 18.5 Å². The Hall–Kier alpha value is -2.58. The van der Waals surface area contributed by atoms with Crippen LogP contribution in [-0.2, 0) is 0 Å². The summed E-state index contributed by atoms with van der Waals surface area (Å²) in [7, 11) is 0. The lowest BCUT2D eigenvalue weighted by Crippen LogP contribution is -2.01. The van der Waals surface area contributed by atoms with Crippen molar-refractivity contribution < 1.29 is 0 Å². The van der Waals surface area contributed by atoms with Crippen LogP contribution in [0, 0.1) is 0 Å². The van der Waals surface area contributed by atoms with Crippen LogP contribution in [0.3, 0.4) is 0 Å². The molecule has 1 aromatic carbocycles. The number of allylic oxidation sites excluding steroid dienone is 7. The lowest BCUT2D eigenvalue weighted by atomic mass is 10.0. The van der Waals surface area contributed by atoms with E-state index in [0.717, 1.165) is 22.4 Å². The average Bonchev–Trinajstić information content (AvgIpc) is 2.54. The van der Waals surface area contributed by atoms with Crippen LogP contribution in [-0.4, -0.2) is 6.54 Å². The fraction of sp³-hybridized carbons (Fsp3) is 0.100. The molecule has 1 aromatic rings. The van der Waals surface area contributed by atoms with Gasteiger partial charge in [-0.25, -0.2) is 0 Å². The summed E-state index contributed by atoms with van der Waals surface area (Å²) < 4.78 is 0. The van der Waals surface area contributed by atoms with Crippen molar-refractivity contribution in [2.45, 2.75) is 6.92 Å². The van der Waals surface area contributed by atoms with Gasteiger partial charge in [0, 0.05) is 24.0 Å². The molecule has 0 aromatic heterocycles. The molecule has 2 nitrogen and oxygen atoms in total. The Kier molecular flexibility index (Phi) is 8.09. The maximum absolute atomic E-state index is 5.66. The van der Waals surface area contributed by atoms with Crippen molar-refractivity contribution in [2.24, 2.45) is 5.73 Å². The SMILES string of the molecule is C=C/C=C(\C=C/Nc1ccccc1C(=C)/C=C\C=C/C)CN. The van der Waals surface area contributed by atoms with Crippen LogP contribution in [0.1, 0.15) is 12.5 Å². The summed E-state index contributed by atoms with van der Waals surface area (Å²) in [5.74, 6) is 0. The Labute approximate surface area is 133 Å². The first-order valence-corrected chi connectivity index (χ1v) is 7.25. The number of nitrogens with two attached hydrogens (primary N) is 1. The topological polar surface area (TPSA) is 38.0 Å². The zero-order chi connectivity index (χ0) is 16.2. The quantitative estimate of drug-likeness (QED) is 0.674. The highest BCUT2D eigenvalue weighted by Crippen LogP contribution is 2.23. The first-order chi connectivity index (χ1) is 10.7. The number of nitrogens with one attached hydrogen (secondary N) is 1. The van der Waals surface area contributed by atoms with Gasteiger partial charge in [-0.1, -0.05) is 67.8 Å². The molecule has 114 valence electrons. The molecule has 0 fully saturated rings. The molecule has 0 saturated carbocycles. The number of benzene rings is 1. The first-order valence-electron chi connectivity index (χ1n) is 7.25. The van der Waals surface area contributed by atoms with Gasteiger partial charge >= 0.3 is 0 Å². The van der Waals surface area contributed by atoms with Crippen LogP contribution >= 0.6 is 0 Å². The third-order valence-electron chi connectivity index (χ3n) is 2.98. The maximum Gasteiger partial charge on any atom is 0.0459 e. The van der Waals surface area contributed by atoms with E-state index in [9.17, 15) is 0 Å². The predicted molar refractivity (Wildman–Crippen MR) is 99.5 cm³/mol. The molecule has 0 spiro atoms. The van der Waals surface area contributed by atoms with Crippen molar-refractivity contribution in [3.8, 4) is 0 Å². The third kappa shape index (κ3) is 5.81. The van der Waals surface area contributed by atoms with Gasteiger partial charge in [0.25, 0.3) is 0 Å². The Morgan fingerprint density at radius 2 is 2.00 bits per heavy atom. The van der Waals surface area contributed by atoms with Gasteiger partial charge < -0.3 is 11.1 Å². The molecule has 0 bridgehead atoms. The Morgan fingerprint density at radius 1 is 1.23 bits per heavy atom. The molecule has 0 atom stereocenters. The molecule has 0 aliphatic carbocycles. The normalized spacial score (nSPS) is 12.4. The minimum absolute atomic E-state index is 0.477. The largest absolute Gasteiger partial charge is 0.361 e. The van der Waals surface area contributed by atoms with E-state index in [1.165, 1.54) is 0 Å². The zero-order valence-corrected chi connectivity index (χ0v) is 13.1. The molecule has 0 unspecified atom stereocenters. The van der Waals surface area contributed by atoms with E-state index < -0.39 is 0 Å². The van der Waals surface area contributed by atoms with E-state index in [-0.39, 0.29) is 0 Å². The average molecular weight is 292 g/mol. The van der Waals surface area contributed by atoms with E-state index in [4.69, 9.17) is 5.73 Å². The first kappa shape index (κ1) is 17.5. The molecule has 22 heavy (non-hydrogen) atoms. The predicted octanol–water partition coefficient (Wildman–Crippen LogP) is 4.83. The number of para-hydroxylation sites is 1. The molecule has 0 saturated heterocycles. The Bertz CT molecular complexity index is 616. The van der Waals surface area contributed by atoms with Crippen LogP contribution in [0.5, 0.6) is 0 Å². The van der Waals surface area contributed by atoms with E-state index in [0.29, 0.717) is 6.54 Å². The van der Waals surface area contributed by atoms with Gasteiger partial charge in [-0.05, 0) is 30.2 Å². The highest BCUT2D eigenvalue weighted by molar-refractivity contribution is 5.81. The van der Waals surface area contributed by atoms with Crippen molar-refractivity contribution in [3.05, 3.63) is 97.3 Å². The number of hydrogen-bond acceptors (Lipinski definition) is 2. The monoisotopic (exact) mass is 292 g/mol. The lowest BCUT2D eigenvalue weighted by Gasteiger charge is -2.09. The second kappa shape index (κ2) is 10.2. The van der Waals surface area contributed by atoms with Crippen molar-refractivity contribution in [1.29, 1.82) is 0 Å². The van der Waals surface area contributed by atoms with Crippen LogP contribution in [0.15, 0.2) is 91.7 Å². The molecular formula is C20H24N2. The summed E-state index contributed by atoms with van der Waals surface area (Å²) in [6, 6.07) is 8.06. The van der Waals surface area contributed by atoms with Gasteiger partial charge in [0.05, 0.1) is 0 Å². The van der Waals surface area contributed by atoms with E-state index in [1.807, 2.05) is 73.8 Å². The molecule has 1 rings (SSSR count). The standard InChI is InChI=1S/C20H24N2/c1-4-6-7-11-17(3)19-12-8-9-13-20(19)22-15-14-18(16-21)10-5-2/h4-15,22H,2-3,16,21H2,1H3/b6-4-,11-7-,15-14-,18-10+. The van der Waals surface area contributed by atoms with Gasteiger partial charge in [-0.2, -0.15) is 0 Å². The summed E-state index contributed by atoms with van der Waals surface area (Å²) in [6.45, 7) is 10.3. The Balaban J connectivity index is 2.88. The summed E-state index contributed by atoms with van der Waals surface area (Å²) in [5, 5.41) is 3.28. The summed E-state index contributed by atoms with van der Waals surface area (Å²) >= 11 is 0. The molecule has 0 radical (unpaired) electrons. The van der Waals surface area contributed by atoms with Crippen molar-refractivity contribution in [3.63, 3.8) is 0 Å². The molecule has 0 heterocycles. The highest BCUT2D eigenvalue weighted by Gasteiger charge is 2.01. The number of rotatable bonds is 8. The van der Waals surface area contributed by atoms with Gasteiger partial charge in [0.2, 0.25) is 0 Å². The molecule has 2 heteroatoms. The second-order valence-corrected chi connectivity index (χ2v) is 4.61. The van der Waals surface area contributed by atoms with Gasteiger partial charge in [-0.3, -0.25) is 0 Å². The zero-order valence-electron chi connectivity index (χ0n) is 13.1. The summed E-state index contributed by atoms with van der Waals surface area (Å²) in [5.41, 5.74) is 9.69. The van der Waals surface area contributed by atoms with Gasteiger partial charge in [-0.15, -0.1) is 0 Å². The van der Waals surface area contributed by atoms with Gasteiger partial charge in [0.1, 0.15) is 0 Å². The maximum atomic E-state index is 5.66. The molecule has 0 amide bonds. The van der Waals surface area contributed by atoms with Crippen LogP contribution in [0.4, 0.5) is 5.69 Å². The number of anilines is 1. The fourth-order valence-corrected chi connectivity index (χ4v) is 1.84. The Morgan fingerprint density at radius 3 is 2.68 bits per heavy atom. The van der Waals surface area contributed by atoms with Crippen molar-refractivity contribution in [2.75, 3.05) is 11.9 Å². The fourth-order valence-electron chi connectivity index (χ4n) is 1.84. The van der Waals surface area contributed by atoms with Gasteiger partial charge in [0.15, 0.2) is 0 Å². The molecule has 3 N–H and O–H groups in total. The summed E-state index contributed by atoms with van der Waals surface area (Å²) in [6.07, 6.45) is 15.4. The van der Waals surface area contributed by atoms with E-state index in [1.54, 1.807) is 6.08 Å². The minimum atomic E-state index is 0.477.